The summed E-state index contributed by atoms with van der Waals surface area (Å²) in [7, 11) is 0. The van der Waals surface area contributed by atoms with Crippen LogP contribution in [0.2, 0.25) is 0 Å². The Morgan fingerprint density at radius 3 is 2.31 bits per heavy atom. The maximum absolute atomic E-state index is 3.41. The Bertz CT molecular complexity index is 235. The predicted octanol–water partition coefficient (Wildman–Crippen LogP) is 3.54. The second-order valence-electron chi connectivity index (χ2n) is 2.83. The van der Waals surface area contributed by atoms with Crippen LogP contribution in [0.5, 0.6) is 0 Å². The Labute approximate surface area is 94.5 Å². The smallest absolute Gasteiger partial charge is 0.0291 e. The highest BCUT2D eigenvalue weighted by Gasteiger charge is 2.01. The van der Waals surface area contributed by atoms with Gasteiger partial charge < -0.3 is 5.32 Å². The monoisotopic (exact) mass is 263 g/mol. The van der Waals surface area contributed by atoms with Crippen molar-refractivity contribution in [2.75, 3.05) is 6.54 Å². The molecular formula is C10H15BrClN. The van der Waals surface area contributed by atoms with Crippen molar-refractivity contribution < 1.29 is 0 Å². The molecule has 0 unspecified atom stereocenters. The Morgan fingerprint density at radius 1 is 1.31 bits per heavy atom. The standard InChI is InChI=1S/C10H14BrN.ClH/c1-3-12-8(2)9-4-6-10(11)7-5-9;/h4-8,12H,3H2,1-2H3;1H/t8-;/m1./s1. The van der Waals surface area contributed by atoms with Crippen LogP contribution in [-0.2, 0) is 0 Å². The van der Waals surface area contributed by atoms with E-state index in [1.165, 1.54) is 5.56 Å². The van der Waals surface area contributed by atoms with Crippen LogP contribution in [-0.4, -0.2) is 6.54 Å². The van der Waals surface area contributed by atoms with Crippen LogP contribution >= 0.6 is 28.3 Å². The lowest BCUT2D eigenvalue weighted by Gasteiger charge is -2.12. The number of rotatable bonds is 3. The number of halogens is 2. The van der Waals surface area contributed by atoms with Gasteiger partial charge in [0.2, 0.25) is 0 Å². The first-order valence-corrected chi connectivity index (χ1v) is 5.02. The van der Waals surface area contributed by atoms with Gasteiger partial charge in [0.1, 0.15) is 0 Å². The van der Waals surface area contributed by atoms with Gasteiger partial charge in [-0.25, -0.2) is 0 Å². The van der Waals surface area contributed by atoms with Gasteiger partial charge in [-0.2, -0.15) is 0 Å². The van der Waals surface area contributed by atoms with E-state index in [1.54, 1.807) is 0 Å². The number of nitrogens with one attached hydrogen (secondary N) is 1. The lowest BCUT2D eigenvalue weighted by Crippen LogP contribution is -2.17. The highest BCUT2D eigenvalue weighted by atomic mass is 79.9. The van der Waals surface area contributed by atoms with Gasteiger partial charge in [-0.05, 0) is 31.2 Å². The molecule has 0 aliphatic heterocycles. The SMILES string of the molecule is CCN[C@H](C)c1ccc(Br)cc1.Cl. The average Bonchev–Trinajstić information content (AvgIpc) is 2.06. The predicted molar refractivity (Wildman–Crippen MR) is 63.5 cm³/mol. The largest absolute Gasteiger partial charge is 0.310 e. The van der Waals surface area contributed by atoms with Crippen LogP contribution in [0.4, 0.5) is 0 Å². The molecule has 1 atom stereocenters. The molecule has 0 heterocycles. The van der Waals surface area contributed by atoms with Crippen molar-refractivity contribution in [2.45, 2.75) is 19.9 Å². The summed E-state index contributed by atoms with van der Waals surface area (Å²) >= 11 is 3.41. The summed E-state index contributed by atoms with van der Waals surface area (Å²) in [5.74, 6) is 0. The molecule has 0 spiro atoms. The number of hydrogen-bond acceptors (Lipinski definition) is 1. The zero-order chi connectivity index (χ0) is 8.97. The normalized spacial score (nSPS) is 11.9. The third kappa shape index (κ3) is 4.12. The zero-order valence-corrected chi connectivity index (χ0v) is 10.3. The highest BCUT2D eigenvalue weighted by Crippen LogP contribution is 2.15. The Balaban J connectivity index is 0.00000144. The first-order valence-electron chi connectivity index (χ1n) is 4.23. The molecule has 0 aliphatic carbocycles. The van der Waals surface area contributed by atoms with Crippen LogP contribution in [0.15, 0.2) is 28.7 Å². The summed E-state index contributed by atoms with van der Waals surface area (Å²) in [6.07, 6.45) is 0. The van der Waals surface area contributed by atoms with Crippen molar-refractivity contribution in [2.24, 2.45) is 0 Å². The van der Waals surface area contributed by atoms with Crippen LogP contribution in [0, 0.1) is 0 Å². The maximum atomic E-state index is 3.41. The van der Waals surface area contributed by atoms with E-state index < -0.39 is 0 Å². The van der Waals surface area contributed by atoms with E-state index in [4.69, 9.17) is 0 Å². The third-order valence-electron chi connectivity index (χ3n) is 1.88. The van der Waals surface area contributed by atoms with E-state index in [9.17, 15) is 0 Å². The minimum atomic E-state index is 0. The summed E-state index contributed by atoms with van der Waals surface area (Å²) in [6, 6.07) is 8.87. The van der Waals surface area contributed by atoms with Crippen LogP contribution in [0.1, 0.15) is 25.5 Å². The molecule has 0 aliphatic rings. The first-order chi connectivity index (χ1) is 5.74. The van der Waals surface area contributed by atoms with Crippen molar-refractivity contribution in [3.05, 3.63) is 34.3 Å². The fraction of sp³-hybridized carbons (Fsp3) is 0.400. The molecule has 1 N–H and O–H groups in total. The quantitative estimate of drug-likeness (QED) is 0.880. The topological polar surface area (TPSA) is 12.0 Å². The van der Waals surface area contributed by atoms with Crippen LogP contribution in [0.25, 0.3) is 0 Å². The van der Waals surface area contributed by atoms with Crippen molar-refractivity contribution >= 4 is 28.3 Å². The molecule has 3 heteroatoms. The zero-order valence-electron chi connectivity index (χ0n) is 7.88. The third-order valence-corrected chi connectivity index (χ3v) is 2.41. The number of benzene rings is 1. The minimum Gasteiger partial charge on any atom is -0.310 e. The van der Waals surface area contributed by atoms with Crippen LogP contribution < -0.4 is 5.32 Å². The second-order valence-corrected chi connectivity index (χ2v) is 3.75. The molecule has 0 radical (unpaired) electrons. The Hall–Kier alpha value is -0.0500. The second kappa shape index (κ2) is 6.41. The van der Waals surface area contributed by atoms with E-state index in [-0.39, 0.29) is 12.4 Å². The molecule has 0 bridgehead atoms. The van der Waals surface area contributed by atoms with Gasteiger partial charge in [0, 0.05) is 10.5 Å². The fourth-order valence-corrected chi connectivity index (χ4v) is 1.44. The summed E-state index contributed by atoms with van der Waals surface area (Å²) in [5.41, 5.74) is 1.33. The van der Waals surface area contributed by atoms with Gasteiger partial charge in [-0.15, -0.1) is 12.4 Å². The van der Waals surface area contributed by atoms with Crippen molar-refractivity contribution in [1.82, 2.24) is 5.32 Å². The van der Waals surface area contributed by atoms with Crippen molar-refractivity contribution in [1.29, 1.82) is 0 Å². The summed E-state index contributed by atoms with van der Waals surface area (Å²) in [4.78, 5) is 0. The average molecular weight is 265 g/mol. The molecule has 0 amide bonds. The Kier molecular flexibility index (Phi) is 6.39. The molecule has 1 rings (SSSR count). The van der Waals surface area contributed by atoms with Gasteiger partial charge in [-0.1, -0.05) is 35.0 Å². The van der Waals surface area contributed by atoms with E-state index >= 15 is 0 Å². The molecule has 13 heavy (non-hydrogen) atoms. The Morgan fingerprint density at radius 2 is 1.85 bits per heavy atom. The molecule has 0 aromatic heterocycles. The lowest BCUT2D eigenvalue weighted by atomic mass is 10.1. The molecule has 0 fully saturated rings. The van der Waals surface area contributed by atoms with E-state index in [0.29, 0.717) is 6.04 Å². The van der Waals surface area contributed by atoms with Gasteiger partial charge >= 0.3 is 0 Å². The van der Waals surface area contributed by atoms with E-state index in [2.05, 4.69) is 59.4 Å². The van der Waals surface area contributed by atoms with E-state index in [1.807, 2.05) is 0 Å². The molecular weight excluding hydrogens is 249 g/mol. The molecule has 1 aromatic carbocycles. The maximum Gasteiger partial charge on any atom is 0.0291 e. The molecule has 1 aromatic rings. The van der Waals surface area contributed by atoms with E-state index in [0.717, 1.165) is 11.0 Å². The minimum absolute atomic E-state index is 0. The molecule has 74 valence electrons. The lowest BCUT2D eigenvalue weighted by molar-refractivity contribution is 0.598. The van der Waals surface area contributed by atoms with Gasteiger partial charge in [0.15, 0.2) is 0 Å². The highest BCUT2D eigenvalue weighted by molar-refractivity contribution is 9.10. The molecule has 0 saturated heterocycles. The van der Waals surface area contributed by atoms with Crippen molar-refractivity contribution in [3.63, 3.8) is 0 Å². The van der Waals surface area contributed by atoms with Crippen LogP contribution in [0.3, 0.4) is 0 Å². The molecule has 0 saturated carbocycles. The summed E-state index contributed by atoms with van der Waals surface area (Å²) in [6.45, 7) is 5.30. The number of hydrogen-bond donors (Lipinski definition) is 1. The summed E-state index contributed by atoms with van der Waals surface area (Å²) < 4.78 is 1.13. The molecule has 1 nitrogen and oxygen atoms in total. The van der Waals surface area contributed by atoms with Gasteiger partial charge in [0.05, 0.1) is 0 Å². The van der Waals surface area contributed by atoms with Gasteiger partial charge in [0.25, 0.3) is 0 Å². The summed E-state index contributed by atoms with van der Waals surface area (Å²) in [5, 5.41) is 3.37. The first kappa shape index (κ1) is 12.9. The van der Waals surface area contributed by atoms with Gasteiger partial charge in [-0.3, -0.25) is 0 Å². The van der Waals surface area contributed by atoms with Crippen molar-refractivity contribution in [3.8, 4) is 0 Å². The fourth-order valence-electron chi connectivity index (χ4n) is 1.18.